The number of aromatic nitrogens is 4. The van der Waals surface area contributed by atoms with Crippen LogP contribution in [-0.2, 0) is 0 Å². The van der Waals surface area contributed by atoms with E-state index in [1.807, 2.05) is 46.8 Å². The zero-order valence-corrected chi connectivity index (χ0v) is 14.1. The maximum atomic E-state index is 12.6. The fourth-order valence-corrected chi connectivity index (χ4v) is 3.28. The second-order valence-corrected chi connectivity index (χ2v) is 6.35. The molecule has 1 N–H and O–H groups in total. The van der Waals surface area contributed by atoms with E-state index in [2.05, 4.69) is 20.4 Å². The number of piperidine rings is 1. The summed E-state index contributed by atoms with van der Waals surface area (Å²) in [4.78, 5) is 23.1. The number of hydrogen-bond acceptors (Lipinski definition) is 4. The Morgan fingerprint density at radius 2 is 2.04 bits per heavy atom. The van der Waals surface area contributed by atoms with Crippen LogP contribution in [0.4, 0.5) is 10.5 Å². The molecule has 0 radical (unpaired) electrons. The van der Waals surface area contributed by atoms with Crippen LogP contribution in [0.2, 0.25) is 0 Å². The number of benzene rings is 1. The lowest BCUT2D eigenvalue weighted by Crippen LogP contribution is -2.41. The number of amides is 2. The summed E-state index contributed by atoms with van der Waals surface area (Å²) in [7, 11) is 0. The third kappa shape index (κ3) is 3.17. The maximum Gasteiger partial charge on any atom is 0.321 e. The Morgan fingerprint density at radius 1 is 1.20 bits per heavy atom. The minimum atomic E-state index is -0.0761. The molecule has 2 aromatic heterocycles. The van der Waals surface area contributed by atoms with Crippen LogP contribution in [0.5, 0.6) is 0 Å². The molecule has 3 heterocycles. The SMILES string of the molecule is Cc1ccc2cccc(NC(=O)N3CCC(n4cncn4)CC3)c2n1. The molecule has 0 unspecified atom stereocenters. The summed E-state index contributed by atoms with van der Waals surface area (Å²) in [6.07, 6.45) is 5.05. The first-order chi connectivity index (χ1) is 12.2. The Kier molecular flexibility index (Phi) is 4.05. The van der Waals surface area contributed by atoms with E-state index in [1.165, 1.54) is 0 Å². The number of pyridine rings is 1. The van der Waals surface area contributed by atoms with Gasteiger partial charge in [-0.05, 0) is 31.9 Å². The zero-order chi connectivity index (χ0) is 17.2. The van der Waals surface area contributed by atoms with Crippen molar-refractivity contribution in [3.63, 3.8) is 0 Å². The summed E-state index contributed by atoms with van der Waals surface area (Å²) in [5.74, 6) is 0. The molecule has 7 nitrogen and oxygen atoms in total. The van der Waals surface area contributed by atoms with Gasteiger partial charge in [-0.15, -0.1) is 0 Å². The Balaban J connectivity index is 1.45. The highest BCUT2D eigenvalue weighted by Gasteiger charge is 2.24. The summed E-state index contributed by atoms with van der Waals surface area (Å²) < 4.78 is 1.88. The fourth-order valence-electron chi connectivity index (χ4n) is 3.28. The third-order valence-electron chi connectivity index (χ3n) is 4.66. The van der Waals surface area contributed by atoms with Gasteiger partial charge in [-0.2, -0.15) is 5.10 Å². The number of fused-ring (bicyclic) bond motifs is 1. The summed E-state index contributed by atoms with van der Waals surface area (Å²) in [5, 5.41) is 8.24. The highest BCUT2D eigenvalue weighted by molar-refractivity contribution is 5.99. The van der Waals surface area contributed by atoms with Gasteiger partial charge in [0.1, 0.15) is 12.7 Å². The molecule has 0 atom stereocenters. The van der Waals surface area contributed by atoms with Crippen molar-refractivity contribution in [2.75, 3.05) is 18.4 Å². The second kappa shape index (κ2) is 6.51. The van der Waals surface area contributed by atoms with Crippen LogP contribution >= 0.6 is 0 Å². The molecule has 25 heavy (non-hydrogen) atoms. The number of nitrogens with zero attached hydrogens (tertiary/aromatic N) is 5. The van der Waals surface area contributed by atoms with Crippen molar-refractivity contribution in [3.05, 3.63) is 48.7 Å². The molecule has 7 heteroatoms. The second-order valence-electron chi connectivity index (χ2n) is 6.35. The van der Waals surface area contributed by atoms with Crippen molar-refractivity contribution in [2.45, 2.75) is 25.8 Å². The molecule has 3 aromatic rings. The first-order valence-electron chi connectivity index (χ1n) is 8.47. The molecule has 1 saturated heterocycles. The molecule has 0 saturated carbocycles. The minimum absolute atomic E-state index is 0.0761. The molecular weight excluding hydrogens is 316 g/mol. The number of anilines is 1. The molecule has 1 aromatic carbocycles. The molecule has 1 aliphatic heterocycles. The van der Waals surface area contributed by atoms with Crippen LogP contribution in [0.3, 0.4) is 0 Å². The first-order valence-corrected chi connectivity index (χ1v) is 8.47. The maximum absolute atomic E-state index is 12.6. The molecule has 0 aliphatic carbocycles. The highest BCUT2D eigenvalue weighted by Crippen LogP contribution is 2.24. The van der Waals surface area contributed by atoms with Gasteiger partial charge in [-0.1, -0.05) is 18.2 Å². The van der Waals surface area contributed by atoms with Crippen molar-refractivity contribution in [3.8, 4) is 0 Å². The van der Waals surface area contributed by atoms with Gasteiger partial charge in [-0.25, -0.2) is 14.5 Å². The smallest absolute Gasteiger partial charge is 0.321 e. The standard InChI is InChI=1S/C18H20N6O/c1-13-5-6-14-3-2-4-16(17(14)21-13)22-18(25)23-9-7-15(8-10-23)24-12-19-11-20-24/h2-6,11-12,15H,7-10H2,1H3,(H,22,25). The Bertz CT molecular complexity index is 884. The van der Waals surface area contributed by atoms with Crippen LogP contribution in [0.25, 0.3) is 10.9 Å². The highest BCUT2D eigenvalue weighted by atomic mass is 16.2. The van der Waals surface area contributed by atoms with Crippen LogP contribution in [0.15, 0.2) is 43.0 Å². The van der Waals surface area contributed by atoms with Crippen molar-refractivity contribution < 1.29 is 4.79 Å². The quantitative estimate of drug-likeness (QED) is 0.780. The van der Waals surface area contributed by atoms with E-state index in [9.17, 15) is 4.79 Å². The molecular formula is C18H20N6O. The minimum Gasteiger partial charge on any atom is -0.324 e. The summed E-state index contributed by atoms with van der Waals surface area (Å²) >= 11 is 0. The lowest BCUT2D eigenvalue weighted by Gasteiger charge is -2.31. The van der Waals surface area contributed by atoms with Crippen molar-refractivity contribution >= 4 is 22.6 Å². The van der Waals surface area contributed by atoms with E-state index in [4.69, 9.17) is 0 Å². The van der Waals surface area contributed by atoms with Gasteiger partial charge >= 0.3 is 6.03 Å². The van der Waals surface area contributed by atoms with Crippen molar-refractivity contribution in [1.29, 1.82) is 0 Å². The van der Waals surface area contributed by atoms with Crippen LogP contribution < -0.4 is 5.32 Å². The number of carbonyl (C=O) groups excluding carboxylic acids is 1. The number of aryl methyl sites for hydroxylation is 1. The molecule has 0 spiro atoms. The number of urea groups is 1. The molecule has 1 fully saturated rings. The number of hydrogen-bond donors (Lipinski definition) is 1. The molecule has 1 aliphatic rings. The lowest BCUT2D eigenvalue weighted by atomic mass is 10.1. The monoisotopic (exact) mass is 336 g/mol. The molecule has 0 bridgehead atoms. The van der Waals surface area contributed by atoms with Gasteiger partial charge in [0.15, 0.2) is 0 Å². The van der Waals surface area contributed by atoms with Crippen molar-refractivity contribution in [2.24, 2.45) is 0 Å². The average molecular weight is 336 g/mol. The molecule has 4 rings (SSSR count). The first kappa shape index (κ1) is 15.6. The van der Waals surface area contributed by atoms with Crippen molar-refractivity contribution in [1.82, 2.24) is 24.6 Å². The summed E-state index contributed by atoms with van der Waals surface area (Å²) in [6, 6.07) is 10.1. The number of rotatable bonds is 2. The summed E-state index contributed by atoms with van der Waals surface area (Å²) in [5.41, 5.74) is 2.51. The van der Waals surface area contributed by atoms with Crippen LogP contribution in [0.1, 0.15) is 24.6 Å². The third-order valence-corrected chi connectivity index (χ3v) is 4.66. The number of likely N-dealkylation sites (tertiary alicyclic amines) is 1. The van der Waals surface area contributed by atoms with E-state index >= 15 is 0 Å². The van der Waals surface area contributed by atoms with Gasteiger partial charge in [0, 0.05) is 24.2 Å². The summed E-state index contributed by atoms with van der Waals surface area (Å²) in [6.45, 7) is 3.36. The van der Waals surface area contributed by atoms with Gasteiger partial charge in [-0.3, -0.25) is 4.98 Å². The average Bonchev–Trinajstić information content (AvgIpc) is 3.17. The van der Waals surface area contributed by atoms with E-state index in [-0.39, 0.29) is 6.03 Å². The van der Waals surface area contributed by atoms with E-state index in [0.717, 1.165) is 35.1 Å². The van der Waals surface area contributed by atoms with Gasteiger partial charge in [0.05, 0.1) is 17.2 Å². The Labute approximate surface area is 145 Å². The number of nitrogens with one attached hydrogen (secondary N) is 1. The zero-order valence-electron chi connectivity index (χ0n) is 14.1. The molecule has 128 valence electrons. The van der Waals surface area contributed by atoms with E-state index < -0.39 is 0 Å². The van der Waals surface area contributed by atoms with E-state index in [1.54, 1.807) is 12.7 Å². The largest absolute Gasteiger partial charge is 0.324 e. The van der Waals surface area contributed by atoms with Gasteiger partial charge in [0.25, 0.3) is 0 Å². The predicted octanol–water partition coefficient (Wildman–Crippen LogP) is 3.00. The number of carbonyl (C=O) groups is 1. The Hall–Kier alpha value is -2.96. The predicted molar refractivity (Wildman–Crippen MR) is 95.4 cm³/mol. The van der Waals surface area contributed by atoms with Crippen LogP contribution in [0, 0.1) is 6.92 Å². The van der Waals surface area contributed by atoms with E-state index in [0.29, 0.717) is 19.1 Å². The van der Waals surface area contributed by atoms with Crippen LogP contribution in [-0.4, -0.2) is 43.8 Å². The Morgan fingerprint density at radius 3 is 2.80 bits per heavy atom. The normalized spacial score (nSPS) is 15.5. The topological polar surface area (TPSA) is 75.9 Å². The number of para-hydroxylation sites is 1. The van der Waals surface area contributed by atoms with Gasteiger partial charge < -0.3 is 10.2 Å². The van der Waals surface area contributed by atoms with Gasteiger partial charge in [0.2, 0.25) is 0 Å². The fraction of sp³-hybridized carbons (Fsp3) is 0.333. The molecule has 2 amide bonds. The lowest BCUT2D eigenvalue weighted by molar-refractivity contribution is 0.180.